The highest BCUT2D eigenvalue weighted by Crippen LogP contribution is 2.06. The fraction of sp³-hybridized carbons (Fsp3) is 0.357. The predicted octanol–water partition coefficient (Wildman–Crippen LogP) is 2.00. The molecule has 1 amide bonds. The molecule has 1 aromatic carbocycles. The van der Waals surface area contributed by atoms with Gasteiger partial charge in [0.05, 0.1) is 11.9 Å². The Bertz CT molecular complexity index is 548. The van der Waals surface area contributed by atoms with E-state index in [1.54, 1.807) is 11.9 Å². The molecule has 2 aromatic rings. The SMILES string of the molecule is CC(C)CN(C)C(=O)c1cnn(-c2ccccc2)n1. The van der Waals surface area contributed by atoms with E-state index in [9.17, 15) is 4.79 Å². The van der Waals surface area contributed by atoms with Crippen LogP contribution in [0.2, 0.25) is 0 Å². The number of amides is 1. The van der Waals surface area contributed by atoms with Crippen LogP contribution in [0.1, 0.15) is 24.3 Å². The van der Waals surface area contributed by atoms with Crippen molar-refractivity contribution in [1.29, 1.82) is 0 Å². The standard InChI is InChI=1S/C14H18N4O/c1-11(2)10-17(3)14(19)13-9-15-18(16-13)12-7-5-4-6-8-12/h4-9,11H,10H2,1-3H3. The molecular formula is C14H18N4O. The summed E-state index contributed by atoms with van der Waals surface area (Å²) < 4.78 is 0. The number of carbonyl (C=O) groups excluding carboxylic acids is 1. The summed E-state index contributed by atoms with van der Waals surface area (Å²) in [5.74, 6) is 0.328. The number of para-hydroxylation sites is 1. The van der Waals surface area contributed by atoms with E-state index in [0.717, 1.165) is 5.69 Å². The fourth-order valence-corrected chi connectivity index (χ4v) is 1.87. The summed E-state index contributed by atoms with van der Waals surface area (Å²) >= 11 is 0. The summed E-state index contributed by atoms with van der Waals surface area (Å²) in [4.78, 5) is 15.3. The fourth-order valence-electron chi connectivity index (χ4n) is 1.87. The van der Waals surface area contributed by atoms with Gasteiger partial charge in [-0.3, -0.25) is 4.79 Å². The molecule has 0 aliphatic rings. The highest BCUT2D eigenvalue weighted by Gasteiger charge is 2.16. The average Bonchev–Trinajstić information content (AvgIpc) is 2.87. The lowest BCUT2D eigenvalue weighted by molar-refractivity contribution is 0.0773. The minimum Gasteiger partial charge on any atom is -0.340 e. The summed E-state index contributed by atoms with van der Waals surface area (Å²) in [6, 6.07) is 9.53. The van der Waals surface area contributed by atoms with Crippen LogP contribution >= 0.6 is 0 Å². The Balaban J connectivity index is 2.15. The minimum absolute atomic E-state index is 0.101. The lowest BCUT2D eigenvalue weighted by Gasteiger charge is -2.17. The van der Waals surface area contributed by atoms with Gasteiger partial charge in [-0.15, -0.1) is 5.10 Å². The smallest absolute Gasteiger partial charge is 0.275 e. The maximum absolute atomic E-state index is 12.1. The first-order valence-corrected chi connectivity index (χ1v) is 6.31. The van der Waals surface area contributed by atoms with Gasteiger partial charge in [-0.1, -0.05) is 32.0 Å². The summed E-state index contributed by atoms with van der Waals surface area (Å²) in [6.07, 6.45) is 1.51. The zero-order valence-electron chi connectivity index (χ0n) is 11.4. The number of rotatable bonds is 4. The maximum atomic E-state index is 12.1. The lowest BCUT2D eigenvalue weighted by Crippen LogP contribution is -2.30. The van der Waals surface area contributed by atoms with E-state index in [0.29, 0.717) is 18.2 Å². The Morgan fingerprint density at radius 2 is 2.00 bits per heavy atom. The van der Waals surface area contributed by atoms with Crippen LogP contribution in [-0.4, -0.2) is 39.4 Å². The van der Waals surface area contributed by atoms with E-state index in [2.05, 4.69) is 24.0 Å². The molecule has 0 aliphatic heterocycles. The Morgan fingerprint density at radius 1 is 1.32 bits per heavy atom. The van der Waals surface area contributed by atoms with Crippen molar-refractivity contribution >= 4 is 5.91 Å². The van der Waals surface area contributed by atoms with E-state index < -0.39 is 0 Å². The molecule has 0 spiro atoms. The van der Waals surface area contributed by atoms with Crippen molar-refractivity contribution in [2.75, 3.05) is 13.6 Å². The van der Waals surface area contributed by atoms with Crippen molar-refractivity contribution in [3.05, 3.63) is 42.2 Å². The second-order valence-electron chi connectivity index (χ2n) is 4.93. The van der Waals surface area contributed by atoms with Crippen molar-refractivity contribution in [2.24, 2.45) is 5.92 Å². The first-order valence-electron chi connectivity index (χ1n) is 6.31. The largest absolute Gasteiger partial charge is 0.340 e. The molecule has 0 bridgehead atoms. The maximum Gasteiger partial charge on any atom is 0.275 e. The molecule has 5 heteroatoms. The van der Waals surface area contributed by atoms with Crippen LogP contribution in [0.25, 0.3) is 5.69 Å². The van der Waals surface area contributed by atoms with Gasteiger partial charge in [-0.25, -0.2) is 0 Å². The van der Waals surface area contributed by atoms with Gasteiger partial charge in [-0.05, 0) is 18.1 Å². The first-order chi connectivity index (χ1) is 9.08. The van der Waals surface area contributed by atoms with Crippen LogP contribution in [0.3, 0.4) is 0 Å². The summed E-state index contributed by atoms with van der Waals surface area (Å²) in [5, 5.41) is 8.35. The second-order valence-corrected chi connectivity index (χ2v) is 4.93. The van der Waals surface area contributed by atoms with Crippen molar-refractivity contribution in [2.45, 2.75) is 13.8 Å². The van der Waals surface area contributed by atoms with E-state index in [-0.39, 0.29) is 5.91 Å². The number of benzene rings is 1. The Morgan fingerprint density at radius 3 is 2.63 bits per heavy atom. The molecule has 0 N–H and O–H groups in total. The summed E-state index contributed by atoms with van der Waals surface area (Å²) in [5.41, 5.74) is 1.21. The van der Waals surface area contributed by atoms with Gasteiger partial charge in [-0.2, -0.15) is 9.90 Å². The van der Waals surface area contributed by atoms with Crippen molar-refractivity contribution in [3.8, 4) is 5.69 Å². The van der Waals surface area contributed by atoms with Gasteiger partial charge in [0.25, 0.3) is 5.91 Å². The Kier molecular flexibility index (Phi) is 3.94. The molecule has 0 unspecified atom stereocenters. The molecule has 100 valence electrons. The molecule has 0 atom stereocenters. The highest BCUT2D eigenvalue weighted by atomic mass is 16.2. The van der Waals surface area contributed by atoms with Gasteiger partial charge in [0.2, 0.25) is 0 Å². The zero-order chi connectivity index (χ0) is 13.8. The summed E-state index contributed by atoms with van der Waals surface area (Å²) in [6.45, 7) is 4.85. The minimum atomic E-state index is -0.101. The number of hydrogen-bond donors (Lipinski definition) is 0. The zero-order valence-corrected chi connectivity index (χ0v) is 11.4. The van der Waals surface area contributed by atoms with Gasteiger partial charge in [0.1, 0.15) is 0 Å². The molecule has 0 saturated carbocycles. The Hall–Kier alpha value is -2.17. The van der Waals surface area contributed by atoms with E-state index >= 15 is 0 Å². The normalized spacial score (nSPS) is 10.7. The first kappa shape index (κ1) is 13.3. The molecule has 0 saturated heterocycles. The lowest BCUT2D eigenvalue weighted by atomic mass is 10.2. The third-order valence-electron chi connectivity index (χ3n) is 2.68. The number of aromatic nitrogens is 3. The van der Waals surface area contributed by atoms with Crippen LogP contribution in [0.5, 0.6) is 0 Å². The van der Waals surface area contributed by atoms with E-state index in [1.807, 2.05) is 30.3 Å². The van der Waals surface area contributed by atoms with Crippen LogP contribution in [-0.2, 0) is 0 Å². The van der Waals surface area contributed by atoms with Gasteiger partial charge < -0.3 is 4.90 Å². The van der Waals surface area contributed by atoms with Gasteiger partial charge in [0, 0.05) is 13.6 Å². The quantitative estimate of drug-likeness (QED) is 0.842. The molecule has 5 nitrogen and oxygen atoms in total. The number of nitrogens with zero attached hydrogens (tertiary/aromatic N) is 4. The molecule has 1 aromatic heterocycles. The van der Waals surface area contributed by atoms with Crippen LogP contribution < -0.4 is 0 Å². The molecule has 0 fully saturated rings. The number of carbonyl (C=O) groups is 1. The monoisotopic (exact) mass is 258 g/mol. The summed E-state index contributed by atoms with van der Waals surface area (Å²) in [7, 11) is 1.78. The van der Waals surface area contributed by atoms with Crippen molar-refractivity contribution in [1.82, 2.24) is 19.9 Å². The van der Waals surface area contributed by atoms with Gasteiger partial charge in [0.15, 0.2) is 5.69 Å². The third-order valence-corrected chi connectivity index (χ3v) is 2.68. The van der Waals surface area contributed by atoms with E-state index in [4.69, 9.17) is 0 Å². The highest BCUT2D eigenvalue weighted by molar-refractivity contribution is 5.91. The average molecular weight is 258 g/mol. The van der Waals surface area contributed by atoms with E-state index in [1.165, 1.54) is 11.0 Å². The third kappa shape index (κ3) is 3.19. The molecular weight excluding hydrogens is 240 g/mol. The second kappa shape index (κ2) is 5.65. The van der Waals surface area contributed by atoms with Crippen LogP contribution in [0.4, 0.5) is 0 Å². The molecule has 1 heterocycles. The van der Waals surface area contributed by atoms with Crippen LogP contribution in [0, 0.1) is 5.92 Å². The molecule has 0 aliphatic carbocycles. The van der Waals surface area contributed by atoms with Crippen molar-refractivity contribution in [3.63, 3.8) is 0 Å². The molecule has 2 rings (SSSR count). The topological polar surface area (TPSA) is 51.0 Å². The van der Waals surface area contributed by atoms with Crippen molar-refractivity contribution < 1.29 is 4.79 Å². The number of hydrogen-bond acceptors (Lipinski definition) is 3. The Labute approximate surface area is 112 Å². The molecule has 19 heavy (non-hydrogen) atoms. The predicted molar refractivity (Wildman–Crippen MR) is 73.2 cm³/mol. The van der Waals surface area contributed by atoms with Crippen LogP contribution in [0.15, 0.2) is 36.5 Å². The molecule has 0 radical (unpaired) electrons. The van der Waals surface area contributed by atoms with Gasteiger partial charge >= 0.3 is 0 Å².